The normalized spacial score (nSPS) is 13.6. The van der Waals surface area contributed by atoms with E-state index < -0.39 is 0 Å². The van der Waals surface area contributed by atoms with Crippen molar-refractivity contribution < 1.29 is 0 Å². The number of nitrogens with zero attached hydrogens (tertiary/aromatic N) is 1. The monoisotopic (exact) mass is 141 g/mol. The van der Waals surface area contributed by atoms with Crippen LogP contribution < -0.4 is 0 Å². The van der Waals surface area contributed by atoms with Gasteiger partial charge in [-0.05, 0) is 6.42 Å². The highest BCUT2D eigenvalue weighted by Crippen LogP contribution is 2.17. The van der Waals surface area contributed by atoms with Crippen LogP contribution >= 0.6 is 12.6 Å². The zero-order valence-corrected chi connectivity index (χ0v) is 6.11. The number of hydrogen-bond donors (Lipinski definition) is 1. The molecule has 0 fully saturated rings. The van der Waals surface area contributed by atoms with E-state index in [1.807, 2.05) is 0 Å². The maximum Gasteiger partial charge on any atom is 0.120 e. The molecule has 0 bridgehead atoms. The zero-order chi connectivity index (χ0) is 6.69. The van der Waals surface area contributed by atoms with Crippen LogP contribution in [0.3, 0.4) is 0 Å². The van der Waals surface area contributed by atoms with E-state index in [4.69, 9.17) is 12.6 Å². The second-order valence-electron chi connectivity index (χ2n) is 1.87. The van der Waals surface area contributed by atoms with Crippen molar-refractivity contribution in [1.29, 1.82) is 0 Å². The number of imidazole rings is 1. The van der Waals surface area contributed by atoms with E-state index in [2.05, 4.69) is 16.9 Å². The SMILES string of the molecule is CCC([S])c1ncc[nH]1. The maximum absolute atomic E-state index is 5.07. The Balaban J connectivity index is 2.65. The molecule has 0 spiro atoms. The Hall–Kier alpha value is -0.440. The lowest BCUT2D eigenvalue weighted by molar-refractivity contribution is 0.839. The highest BCUT2D eigenvalue weighted by Gasteiger charge is 2.04. The van der Waals surface area contributed by atoms with E-state index in [1.54, 1.807) is 12.4 Å². The van der Waals surface area contributed by atoms with Crippen LogP contribution in [0.4, 0.5) is 0 Å². The van der Waals surface area contributed by atoms with Crippen molar-refractivity contribution in [3.63, 3.8) is 0 Å². The number of hydrogen-bond acceptors (Lipinski definition) is 1. The number of nitrogens with one attached hydrogen (secondary N) is 1. The predicted octanol–water partition coefficient (Wildman–Crippen LogP) is 2.06. The summed E-state index contributed by atoms with van der Waals surface area (Å²) in [5.74, 6) is 0.910. The summed E-state index contributed by atoms with van der Waals surface area (Å²) in [4.78, 5) is 7.00. The quantitative estimate of drug-likeness (QED) is 0.671. The van der Waals surface area contributed by atoms with Crippen LogP contribution in [0.25, 0.3) is 0 Å². The van der Waals surface area contributed by atoms with Crippen molar-refractivity contribution in [3.05, 3.63) is 18.2 Å². The van der Waals surface area contributed by atoms with Crippen molar-refractivity contribution in [2.45, 2.75) is 18.6 Å². The number of aromatic nitrogens is 2. The van der Waals surface area contributed by atoms with Crippen LogP contribution in [0.2, 0.25) is 0 Å². The summed E-state index contributed by atoms with van der Waals surface area (Å²) in [5.41, 5.74) is 0. The Morgan fingerprint density at radius 1 is 1.89 bits per heavy atom. The van der Waals surface area contributed by atoms with Gasteiger partial charge in [0.05, 0.1) is 5.25 Å². The second kappa shape index (κ2) is 2.92. The zero-order valence-electron chi connectivity index (χ0n) is 5.29. The van der Waals surface area contributed by atoms with Crippen LogP contribution in [0, 0.1) is 0 Å². The minimum Gasteiger partial charge on any atom is -0.348 e. The summed E-state index contributed by atoms with van der Waals surface area (Å²) >= 11 is 5.07. The molecule has 2 nitrogen and oxygen atoms in total. The molecule has 1 aromatic heterocycles. The van der Waals surface area contributed by atoms with Gasteiger partial charge in [0.25, 0.3) is 0 Å². The fourth-order valence-electron chi connectivity index (χ4n) is 0.647. The Labute approximate surface area is 60.1 Å². The van der Waals surface area contributed by atoms with Crippen LogP contribution in [-0.4, -0.2) is 9.97 Å². The predicted molar refractivity (Wildman–Crippen MR) is 39.2 cm³/mol. The molecule has 0 aliphatic heterocycles. The summed E-state index contributed by atoms with van der Waals surface area (Å²) in [6.07, 6.45) is 4.48. The molecular formula is C6H9N2S. The molecule has 0 amide bonds. The molecule has 0 saturated heterocycles. The van der Waals surface area contributed by atoms with Crippen LogP contribution in [0.15, 0.2) is 12.4 Å². The summed E-state index contributed by atoms with van der Waals surface area (Å²) in [6.45, 7) is 2.06. The van der Waals surface area contributed by atoms with Gasteiger partial charge in [-0.2, -0.15) is 0 Å². The van der Waals surface area contributed by atoms with Gasteiger partial charge in [-0.1, -0.05) is 19.6 Å². The van der Waals surface area contributed by atoms with Gasteiger partial charge in [-0.3, -0.25) is 0 Å². The molecule has 1 N–H and O–H groups in total. The highest BCUT2D eigenvalue weighted by molar-refractivity contribution is 7.80. The van der Waals surface area contributed by atoms with Crippen molar-refractivity contribution >= 4 is 12.6 Å². The molecule has 49 valence electrons. The number of rotatable bonds is 2. The molecule has 1 rings (SSSR count). The highest BCUT2D eigenvalue weighted by atomic mass is 32.1. The van der Waals surface area contributed by atoms with Crippen molar-refractivity contribution in [2.75, 3.05) is 0 Å². The molecule has 0 aliphatic carbocycles. The minimum absolute atomic E-state index is 0.153. The Morgan fingerprint density at radius 3 is 3.11 bits per heavy atom. The average molecular weight is 141 g/mol. The van der Waals surface area contributed by atoms with E-state index in [0.29, 0.717) is 0 Å². The van der Waals surface area contributed by atoms with Crippen molar-refractivity contribution in [2.24, 2.45) is 0 Å². The Morgan fingerprint density at radius 2 is 2.67 bits per heavy atom. The third-order valence-electron chi connectivity index (χ3n) is 1.20. The van der Waals surface area contributed by atoms with E-state index in [9.17, 15) is 0 Å². The van der Waals surface area contributed by atoms with Crippen LogP contribution in [-0.2, 0) is 0 Å². The molecule has 0 saturated carbocycles. The summed E-state index contributed by atoms with van der Waals surface area (Å²) in [5, 5.41) is 0.153. The van der Waals surface area contributed by atoms with Gasteiger partial charge in [0, 0.05) is 12.4 Å². The summed E-state index contributed by atoms with van der Waals surface area (Å²) in [6, 6.07) is 0. The van der Waals surface area contributed by atoms with Crippen molar-refractivity contribution in [3.8, 4) is 0 Å². The largest absolute Gasteiger partial charge is 0.348 e. The molecule has 1 heterocycles. The van der Waals surface area contributed by atoms with E-state index >= 15 is 0 Å². The topological polar surface area (TPSA) is 28.7 Å². The summed E-state index contributed by atoms with van der Waals surface area (Å²) in [7, 11) is 0. The van der Waals surface area contributed by atoms with E-state index in [1.165, 1.54) is 0 Å². The third-order valence-corrected chi connectivity index (χ3v) is 1.75. The van der Waals surface area contributed by atoms with Gasteiger partial charge < -0.3 is 4.98 Å². The minimum atomic E-state index is 0.153. The van der Waals surface area contributed by atoms with Gasteiger partial charge >= 0.3 is 0 Å². The van der Waals surface area contributed by atoms with Gasteiger partial charge in [0.1, 0.15) is 5.82 Å². The molecule has 3 heteroatoms. The molecule has 1 unspecified atom stereocenters. The first-order valence-corrected chi connectivity index (χ1v) is 3.46. The molecule has 1 atom stereocenters. The van der Waals surface area contributed by atoms with E-state index in [-0.39, 0.29) is 5.25 Å². The van der Waals surface area contributed by atoms with Gasteiger partial charge in [0.2, 0.25) is 0 Å². The first kappa shape index (κ1) is 6.68. The smallest absolute Gasteiger partial charge is 0.120 e. The molecule has 0 aliphatic rings. The fourth-order valence-corrected chi connectivity index (χ4v) is 0.776. The lowest BCUT2D eigenvalue weighted by Gasteiger charge is -1.99. The lowest BCUT2D eigenvalue weighted by atomic mass is 10.3. The Bertz CT molecular complexity index is 160. The number of H-pyrrole nitrogens is 1. The average Bonchev–Trinajstić information content (AvgIpc) is 2.37. The molecule has 0 aromatic carbocycles. The number of aromatic amines is 1. The molecule has 1 radical (unpaired) electrons. The van der Waals surface area contributed by atoms with Crippen LogP contribution in [0.5, 0.6) is 0 Å². The molecule has 9 heavy (non-hydrogen) atoms. The molecular weight excluding hydrogens is 132 g/mol. The Kier molecular flexibility index (Phi) is 2.16. The first-order chi connectivity index (χ1) is 4.34. The van der Waals surface area contributed by atoms with E-state index in [0.717, 1.165) is 12.2 Å². The maximum atomic E-state index is 5.07. The standard InChI is InChI=1S/C6H9N2S/c1-2-5(9)6-7-3-4-8-6/h3-5H,2H2,1H3,(H,7,8). The second-order valence-corrected chi connectivity index (χ2v) is 2.44. The van der Waals surface area contributed by atoms with Gasteiger partial charge in [-0.15, -0.1) is 0 Å². The first-order valence-electron chi connectivity index (χ1n) is 2.99. The lowest BCUT2D eigenvalue weighted by Crippen LogP contribution is -1.89. The van der Waals surface area contributed by atoms with Gasteiger partial charge in [0.15, 0.2) is 0 Å². The molecule has 1 aromatic rings. The van der Waals surface area contributed by atoms with Crippen molar-refractivity contribution in [1.82, 2.24) is 9.97 Å². The van der Waals surface area contributed by atoms with Crippen LogP contribution in [0.1, 0.15) is 24.4 Å². The third kappa shape index (κ3) is 1.48. The fraction of sp³-hybridized carbons (Fsp3) is 0.500. The summed E-state index contributed by atoms with van der Waals surface area (Å²) < 4.78 is 0. The van der Waals surface area contributed by atoms with Gasteiger partial charge in [-0.25, -0.2) is 4.98 Å².